The van der Waals surface area contributed by atoms with Crippen molar-refractivity contribution in [1.82, 2.24) is 0 Å². The van der Waals surface area contributed by atoms with Crippen LogP contribution in [-0.2, 0) is 9.47 Å². The van der Waals surface area contributed by atoms with Gasteiger partial charge >= 0.3 is 0 Å². The second kappa shape index (κ2) is 4.45. The zero-order valence-electron chi connectivity index (χ0n) is 14.9. The standard InChI is InChI=1S/C21H30O2/c1-19-9-6-15(22-3)12-14(19)4-5-16-17(19)7-10-20(2)18(16)8-11-21(20)13-23-21/h4,12,16-18H,5-11,13H2,1-3H3/t16?,17?,18?,19-,20-,21+/m0/s1. The molecule has 0 bridgehead atoms. The van der Waals surface area contributed by atoms with Crippen molar-refractivity contribution in [3.05, 3.63) is 23.5 Å². The fourth-order valence-corrected chi connectivity index (χ4v) is 7.11. The highest BCUT2D eigenvalue weighted by atomic mass is 16.6. The summed E-state index contributed by atoms with van der Waals surface area (Å²) in [5.41, 5.74) is 2.69. The van der Waals surface area contributed by atoms with Crippen molar-refractivity contribution in [3.8, 4) is 0 Å². The molecule has 2 saturated carbocycles. The van der Waals surface area contributed by atoms with Crippen molar-refractivity contribution in [2.45, 2.75) is 64.4 Å². The molecular formula is C21H30O2. The number of fused-ring (bicyclic) bond motifs is 6. The molecular weight excluding hydrogens is 284 g/mol. The second-order valence-electron chi connectivity index (χ2n) is 9.28. The fraction of sp³-hybridized carbons (Fsp3) is 0.810. The Hall–Kier alpha value is -0.760. The predicted octanol–water partition coefficient (Wildman–Crippen LogP) is 4.86. The van der Waals surface area contributed by atoms with E-state index in [9.17, 15) is 0 Å². The van der Waals surface area contributed by atoms with Crippen LogP contribution < -0.4 is 0 Å². The lowest BCUT2D eigenvalue weighted by Crippen LogP contribution is -2.50. The van der Waals surface area contributed by atoms with Gasteiger partial charge in [0.05, 0.1) is 25.1 Å². The minimum atomic E-state index is 0.281. The monoisotopic (exact) mass is 314 g/mol. The molecule has 2 nitrogen and oxygen atoms in total. The maximum Gasteiger partial charge on any atom is 0.0972 e. The number of hydrogen-bond acceptors (Lipinski definition) is 2. The van der Waals surface area contributed by atoms with E-state index in [0.29, 0.717) is 10.8 Å². The number of epoxide rings is 1. The summed E-state index contributed by atoms with van der Waals surface area (Å²) in [6.45, 7) is 6.13. The average molecular weight is 314 g/mol. The number of hydrogen-bond donors (Lipinski definition) is 0. The third-order valence-electron chi connectivity index (χ3n) is 8.78. The number of methoxy groups -OCH3 is 1. The molecule has 1 saturated heterocycles. The highest BCUT2D eigenvalue weighted by Crippen LogP contribution is 2.70. The SMILES string of the molecule is COC1=CC2=CCC3C(CC[C@@]4(C)C3CC[C@@]43CO3)[C@@]2(C)CC1. The van der Waals surface area contributed by atoms with Crippen LogP contribution in [0, 0.1) is 28.6 Å². The first kappa shape index (κ1) is 14.6. The zero-order valence-corrected chi connectivity index (χ0v) is 14.9. The van der Waals surface area contributed by atoms with Gasteiger partial charge < -0.3 is 9.47 Å². The summed E-state index contributed by atoms with van der Waals surface area (Å²) in [6, 6.07) is 0. The predicted molar refractivity (Wildman–Crippen MR) is 90.9 cm³/mol. The van der Waals surface area contributed by atoms with Gasteiger partial charge in [0.15, 0.2) is 0 Å². The lowest BCUT2D eigenvalue weighted by molar-refractivity contribution is -0.0446. The van der Waals surface area contributed by atoms with Gasteiger partial charge in [0.25, 0.3) is 0 Å². The molecule has 2 heteroatoms. The Kier molecular flexibility index (Phi) is 2.82. The lowest BCUT2D eigenvalue weighted by atomic mass is 9.48. The summed E-state index contributed by atoms with van der Waals surface area (Å²) in [7, 11) is 1.82. The van der Waals surface area contributed by atoms with Crippen molar-refractivity contribution in [2.75, 3.05) is 13.7 Å². The van der Waals surface area contributed by atoms with E-state index in [-0.39, 0.29) is 5.60 Å². The molecule has 0 aromatic rings. The quantitative estimate of drug-likeness (QED) is 0.645. The van der Waals surface area contributed by atoms with Gasteiger partial charge in [-0.1, -0.05) is 19.9 Å². The third-order valence-corrected chi connectivity index (χ3v) is 8.78. The Morgan fingerprint density at radius 2 is 1.91 bits per heavy atom. The van der Waals surface area contributed by atoms with E-state index in [1.807, 2.05) is 7.11 Å². The Morgan fingerprint density at radius 1 is 1.13 bits per heavy atom. The molecule has 6 atom stereocenters. The van der Waals surface area contributed by atoms with Crippen LogP contribution in [0.4, 0.5) is 0 Å². The van der Waals surface area contributed by atoms with Crippen molar-refractivity contribution in [3.63, 3.8) is 0 Å². The summed E-state index contributed by atoms with van der Waals surface area (Å²) < 4.78 is 11.6. The highest BCUT2D eigenvalue weighted by molar-refractivity contribution is 5.36. The van der Waals surface area contributed by atoms with E-state index < -0.39 is 0 Å². The van der Waals surface area contributed by atoms with Gasteiger partial charge in [0.2, 0.25) is 0 Å². The van der Waals surface area contributed by atoms with Gasteiger partial charge in [-0.15, -0.1) is 0 Å². The van der Waals surface area contributed by atoms with E-state index in [1.54, 1.807) is 5.57 Å². The van der Waals surface area contributed by atoms with Crippen LogP contribution in [0.5, 0.6) is 0 Å². The third kappa shape index (κ3) is 1.69. The number of rotatable bonds is 1. The van der Waals surface area contributed by atoms with Crippen LogP contribution in [0.25, 0.3) is 0 Å². The summed E-state index contributed by atoms with van der Waals surface area (Å²) >= 11 is 0. The molecule has 4 aliphatic carbocycles. The topological polar surface area (TPSA) is 21.8 Å². The number of allylic oxidation sites excluding steroid dienone is 4. The summed E-state index contributed by atoms with van der Waals surface area (Å²) in [6.07, 6.45) is 14.1. The molecule has 0 N–H and O–H groups in total. The van der Waals surface area contributed by atoms with Gasteiger partial charge in [0, 0.05) is 11.8 Å². The lowest BCUT2D eigenvalue weighted by Gasteiger charge is -2.56. The van der Waals surface area contributed by atoms with Crippen molar-refractivity contribution < 1.29 is 9.47 Å². The van der Waals surface area contributed by atoms with Crippen LogP contribution in [0.1, 0.15) is 58.8 Å². The first-order chi connectivity index (χ1) is 11.0. The van der Waals surface area contributed by atoms with Gasteiger partial charge in [-0.2, -0.15) is 0 Å². The molecule has 3 fully saturated rings. The molecule has 0 amide bonds. The molecule has 1 heterocycles. The molecule has 3 unspecified atom stereocenters. The first-order valence-corrected chi connectivity index (χ1v) is 9.62. The van der Waals surface area contributed by atoms with Crippen LogP contribution in [-0.4, -0.2) is 19.3 Å². The molecule has 5 rings (SSSR count). The molecule has 126 valence electrons. The summed E-state index contributed by atoms with van der Waals surface area (Å²) in [5.74, 6) is 3.80. The van der Waals surface area contributed by atoms with Gasteiger partial charge in [-0.3, -0.25) is 0 Å². The Balaban J connectivity index is 1.51. The normalized spacial score (nSPS) is 53.8. The summed E-state index contributed by atoms with van der Waals surface area (Å²) in [5, 5.41) is 0. The Bertz CT molecular complexity index is 599. The Labute approximate surface area is 140 Å². The summed E-state index contributed by atoms with van der Waals surface area (Å²) in [4.78, 5) is 0. The highest BCUT2D eigenvalue weighted by Gasteiger charge is 2.69. The zero-order chi connectivity index (χ0) is 15.9. The van der Waals surface area contributed by atoms with Crippen molar-refractivity contribution in [1.29, 1.82) is 0 Å². The molecule has 0 aromatic heterocycles. The average Bonchev–Trinajstić information content (AvgIpc) is 3.28. The van der Waals surface area contributed by atoms with Crippen LogP contribution >= 0.6 is 0 Å². The molecule has 0 aromatic carbocycles. The smallest absolute Gasteiger partial charge is 0.0972 e. The minimum Gasteiger partial charge on any atom is -0.501 e. The fourth-order valence-electron chi connectivity index (χ4n) is 7.11. The van der Waals surface area contributed by atoms with Gasteiger partial charge in [-0.25, -0.2) is 0 Å². The maximum atomic E-state index is 6.03. The largest absolute Gasteiger partial charge is 0.501 e. The number of ether oxygens (including phenoxy) is 2. The van der Waals surface area contributed by atoms with Gasteiger partial charge in [-0.05, 0) is 73.3 Å². The molecule has 5 aliphatic rings. The van der Waals surface area contributed by atoms with E-state index in [1.165, 1.54) is 44.3 Å². The van der Waals surface area contributed by atoms with E-state index in [4.69, 9.17) is 9.47 Å². The van der Waals surface area contributed by atoms with E-state index in [0.717, 1.165) is 30.8 Å². The van der Waals surface area contributed by atoms with Crippen LogP contribution in [0.3, 0.4) is 0 Å². The van der Waals surface area contributed by atoms with E-state index in [2.05, 4.69) is 26.0 Å². The van der Waals surface area contributed by atoms with Crippen LogP contribution in [0.2, 0.25) is 0 Å². The van der Waals surface area contributed by atoms with Crippen molar-refractivity contribution >= 4 is 0 Å². The van der Waals surface area contributed by atoms with Crippen LogP contribution in [0.15, 0.2) is 23.5 Å². The second-order valence-corrected chi connectivity index (χ2v) is 9.28. The molecule has 0 radical (unpaired) electrons. The maximum absolute atomic E-state index is 6.03. The minimum absolute atomic E-state index is 0.281. The van der Waals surface area contributed by atoms with Gasteiger partial charge in [0.1, 0.15) is 0 Å². The van der Waals surface area contributed by atoms with E-state index >= 15 is 0 Å². The molecule has 1 aliphatic heterocycles. The Morgan fingerprint density at radius 3 is 2.65 bits per heavy atom. The molecule has 1 spiro atoms. The first-order valence-electron chi connectivity index (χ1n) is 9.62. The molecule has 23 heavy (non-hydrogen) atoms. The van der Waals surface area contributed by atoms with Crippen molar-refractivity contribution in [2.24, 2.45) is 28.6 Å².